The summed E-state index contributed by atoms with van der Waals surface area (Å²) < 4.78 is 17.5. The van der Waals surface area contributed by atoms with E-state index < -0.39 is 0 Å². The Kier molecular flexibility index (Phi) is 6.12. The number of halogens is 1. The van der Waals surface area contributed by atoms with Gasteiger partial charge in [-0.25, -0.2) is 4.39 Å². The second-order valence-corrected chi connectivity index (χ2v) is 6.95. The number of aromatic nitrogens is 3. The molecule has 0 spiro atoms. The molecule has 1 fully saturated rings. The van der Waals surface area contributed by atoms with Gasteiger partial charge in [0.1, 0.15) is 38.3 Å². The van der Waals surface area contributed by atoms with Gasteiger partial charge in [0.2, 0.25) is 4.77 Å². The molecule has 0 aliphatic carbocycles. The Labute approximate surface area is 157 Å². The number of hydrogen-bond acceptors (Lipinski definition) is 3. The molecular weight excluding hydrogens is 355 g/mol. The number of hydrogen-bond donors (Lipinski definition) is 3. The van der Waals surface area contributed by atoms with Crippen molar-refractivity contribution in [3.05, 3.63) is 41.2 Å². The standard InChI is InChI=1S/C17H23FN6OS/c1-2-23-12-19-24(17(23)26)13-22-9-7-21(8-10-22)11-16(25)20-15-5-3-14(18)4-6-15/h3-6,12H,2,7-11,13H2,1H3,(H,20,25)/p+2. The molecule has 1 aromatic carbocycles. The Bertz CT molecular complexity index is 794. The number of quaternary nitrogens is 2. The lowest BCUT2D eigenvalue weighted by atomic mass is 10.3. The van der Waals surface area contributed by atoms with E-state index in [1.165, 1.54) is 21.9 Å². The van der Waals surface area contributed by atoms with E-state index in [1.54, 1.807) is 18.5 Å². The third-order valence-corrected chi connectivity index (χ3v) is 5.16. The Morgan fingerprint density at radius 1 is 1.23 bits per heavy atom. The largest absolute Gasteiger partial charge is 0.321 e. The number of nitrogens with zero attached hydrogens (tertiary/aromatic N) is 3. The summed E-state index contributed by atoms with van der Waals surface area (Å²) in [6.07, 6.45) is 1.78. The lowest BCUT2D eigenvalue weighted by Gasteiger charge is -2.29. The van der Waals surface area contributed by atoms with Crippen LogP contribution in [0.5, 0.6) is 0 Å². The van der Waals surface area contributed by atoms with Crippen molar-refractivity contribution in [1.82, 2.24) is 14.3 Å². The van der Waals surface area contributed by atoms with Crippen LogP contribution in [0.15, 0.2) is 30.6 Å². The minimum atomic E-state index is -0.309. The van der Waals surface area contributed by atoms with Crippen LogP contribution in [0, 0.1) is 10.6 Å². The highest BCUT2D eigenvalue weighted by Crippen LogP contribution is 2.07. The predicted octanol–water partition coefficient (Wildman–Crippen LogP) is -1.05. The Balaban J connectivity index is 1.44. The summed E-state index contributed by atoms with van der Waals surface area (Å²) in [5.74, 6) is -0.351. The number of carbonyl (C=O) groups is 1. The highest BCUT2D eigenvalue weighted by Gasteiger charge is 2.25. The number of benzene rings is 1. The third-order valence-electron chi connectivity index (χ3n) is 4.71. The van der Waals surface area contributed by atoms with Gasteiger partial charge in [0.25, 0.3) is 5.91 Å². The van der Waals surface area contributed by atoms with Crippen molar-refractivity contribution < 1.29 is 19.0 Å². The van der Waals surface area contributed by atoms with E-state index in [-0.39, 0.29) is 11.7 Å². The van der Waals surface area contributed by atoms with Gasteiger partial charge in [-0.3, -0.25) is 4.79 Å². The van der Waals surface area contributed by atoms with E-state index in [0.29, 0.717) is 12.2 Å². The lowest BCUT2D eigenvalue weighted by Crippen LogP contribution is -3.28. The molecule has 3 rings (SSSR count). The highest BCUT2D eigenvalue weighted by molar-refractivity contribution is 7.71. The summed E-state index contributed by atoms with van der Waals surface area (Å²) in [5, 5.41) is 7.18. The Hall–Kier alpha value is -2.10. The molecule has 26 heavy (non-hydrogen) atoms. The molecule has 3 N–H and O–H groups in total. The summed E-state index contributed by atoms with van der Waals surface area (Å²) in [6.45, 7) is 7.86. The second-order valence-electron chi connectivity index (χ2n) is 6.59. The van der Waals surface area contributed by atoms with Crippen molar-refractivity contribution in [3.63, 3.8) is 0 Å². The third kappa shape index (κ3) is 4.75. The molecule has 1 aliphatic rings. The Morgan fingerprint density at radius 2 is 1.88 bits per heavy atom. The van der Waals surface area contributed by atoms with Gasteiger partial charge < -0.3 is 19.7 Å². The van der Waals surface area contributed by atoms with E-state index in [2.05, 4.69) is 10.4 Å². The molecule has 1 aliphatic heterocycles. The maximum atomic E-state index is 12.9. The van der Waals surface area contributed by atoms with E-state index >= 15 is 0 Å². The van der Waals surface area contributed by atoms with Gasteiger partial charge in [-0.05, 0) is 43.4 Å². The fourth-order valence-corrected chi connectivity index (χ4v) is 3.45. The number of anilines is 1. The van der Waals surface area contributed by atoms with Crippen molar-refractivity contribution in [2.24, 2.45) is 0 Å². The molecule has 2 heterocycles. The molecule has 0 atom stereocenters. The fourth-order valence-electron chi connectivity index (χ4n) is 3.17. The lowest BCUT2D eigenvalue weighted by molar-refractivity contribution is -1.02. The summed E-state index contributed by atoms with van der Waals surface area (Å²) >= 11 is 5.41. The maximum Gasteiger partial charge on any atom is 0.279 e. The van der Waals surface area contributed by atoms with Gasteiger partial charge in [0.05, 0.1) is 0 Å². The highest BCUT2D eigenvalue weighted by atomic mass is 32.1. The number of aryl methyl sites for hydroxylation is 1. The average molecular weight is 380 g/mol. The van der Waals surface area contributed by atoms with Crippen LogP contribution < -0.4 is 15.1 Å². The predicted molar refractivity (Wildman–Crippen MR) is 98.0 cm³/mol. The summed E-state index contributed by atoms with van der Waals surface area (Å²) in [5.41, 5.74) is 0.626. The molecule has 0 saturated carbocycles. The average Bonchev–Trinajstić information content (AvgIpc) is 2.98. The molecule has 7 nitrogen and oxygen atoms in total. The minimum Gasteiger partial charge on any atom is -0.321 e. The van der Waals surface area contributed by atoms with Gasteiger partial charge in [-0.1, -0.05) is 0 Å². The zero-order valence-corrected chi connectivity index (χ0v) is 15.7. The SMILES string of the molecule is CCn1cnn(C[NH+]2CC[NH+](CC(=O)Nc3ccc(F)cc3)CC2)c1=S. The molecule has 2 aromatic rings. The zero-order chi connectivity index (χ0) is 18.5. The Morgan fingerprint density at radius 3 is 2.50 bits per heavy atom. The minimum absolute atomic E-state index is 0.0426. The first kappa shape index (κ1) is 18.7. The molecule has 9 heteroatoms. The van der Waals surface area contributed by atoms with E-state index in [0.717, 1.165) is 44.2 Å². The summed E-state index contributed by atoms with van der Waals surface area (Å²) in [4.78, 5) is 14.8. The summed E-state index contributed by atoms with van der Waals surface area (Å²) in [6, 6.07) is 5.83. The van der Waals surface area contributed by atoms with E-state index in [4.69, 9.17) is 12.2 Å². The van der Waals surface area contributed by atoms with Crippen molar-refractivity contribution in [2.75, 3.05) is 38.0 Å². The smallest absolute Gasteiger partial charge is 0.279 e. The molecular formula is C17H25FN6OS+2. The van der Waals surface area contributed by atoms with Gasteiger partial charge in [-0.2, -0.15) is 9.78 Å². The number of piperazine rings is 1. The van der Waals surface area contributed by atoms with Crippen molar-refractivity contribution in [3.8, 4) is 0 Å². The van der Waals surface area contributed by atoms with Crippen molar-refractivity contribution in [2.45, 2.75) is 20.1 Å². The van der Waals surface area contributed by atoms with Gasteiger partial charge in [0.15, 0.2) is 13.2 Å². The number of carbonyl (C=O) groups excluding carboxylic acids is 1. The molecule has 0 bridgehead atoms. The number of amides is 1. The molecule has 1 saturated heterocycles. The molecule has 0 unspecified atom stereocenters. The van der Waals surface area contributed by atoms with Crippen LogP contribution in [0.2, 0.25) is 0 Å². The molecule has 1 amide bonds. The van der Waals surface area contributed by atoms with Gasteiger partial charge in [0, 0.05) is 12.2 Å². The molecule has 140 valence electrons. The van der Waals surface area contributed by atoms with Crippen LogP contribution in [0.25, 0.3) is 0 Å². The normalized spacial score (nSPS) is 20.1. The first-order valence-corrected chi connectivity index (χ1v) is 9.30. The molecule has 1 aromatic heterocycles. The maximum absolute atomic E-state index is 12.9. The van der Waals surface area contributed by atoms with Crippen LogP contribution >= 0.6 is 12.2 Å². The quantitative estimate of drug-likeness (QED) is 0.561. The molecule has 0 radical (unpaired) electrons. The van der Waals surface area contributed by atoms with Gasteiger partial charge >= 0.3 is 0 Å². The van der Waals surface area contributed by atoms with Gasteiger partial charge in [-0.15, -0.1) is 0 Å². The first-order valence-electron chi connectivity index (χ1n) is 8.90. The second kappa shape index (κ2) is 8.52. The van der Waals surface area contributed by atoms with E-state index in [9.17, 15) is 9.18 Å². The number of nitrogens with one attached hydrogen (secondary N) is 3. The van der Waals surface area contributed by atoms with Crippen LogP contribution in [0.4, 0.5) is 10.1 Å². The first-order chi connectivity index (χ1) is 12.5. The van der Waals surface area contributed by atoms with Crippen molar-refractivity contribution in [1.29, 1.82) is 0 Å². The fraction of sp³-hybridized carbons (Fsp3) is 0.471. The monoisotopic (exact) mass is 380 g/mol. The van der Waals surface area contributed by atoms with E-state index in [1.807, 2.05) is 16.2 Å². The van der Waals surface area contributed by atoms with Crippen LogP contribution in [0.3, 0.4) is 0 Å². The number of rotatable bonds is 6. The summed E-state index contributed by atoms with van der Waals surface area (Å²) in [7, 11) is 0. The van der Waals surface area contributed by atoms with Crippen LogP contribution in [0.1, 0.15) is 6.92 Å². The zero-order valence-electron chi connectivity index (χ0n) is 14.9. The topological polar surface area (TPSA) is 60.7 Å². The van der Waals surface area contributed by atoms with Crippen LogP contribution in [-0.2, 0) is 18.0 Å². The van der Waals surface area contributed by atoms with Crippen LogP contribution in [-0.4, -0.2) is 53.0 Å². The van der Waals surface area contributed by atoms with Crippen molar-refractivity contribution >= 4 is 23.8 Å².